The molecule has 33 heavy (non-hydrogen) atoms. The fourth-order valence-corrected chi connectivity index (χ4v) is 3.18. The van der Waals surface area contributed by atoms with Crippen LogP contribution < -0.4 is 10.2 Å². The second-order valence-corrected chi connectivity index (χ2v) is 10.1. The molecule has 1 aromatic rings. The van der Waals surface area contributed by atoms with E-state index in [1.807, 2.05) is 80.5 Å². The Morgan fingerprint density at radius 2 is 1.76 bits per heavy atom. The molecule has 2 aliphatic rings. The van der Waals surface area contributed by atoms with E-state index < -0.39 is 18.3 Å². The zero-order valence-electron chi connectivity index (χ0n) is 22.0. The minimum atomic E-state index is -0.464. The maximum Gasteiger partial charge on any atom is 0.494 e. The maximum absolute atomic E-state index is 9.60. The first-order chi connectivity index (χ1) is 15.3. The van der Waals surface area contributed by atoms with Crippen LogP contribution >= 0.6 is 0 Å². The number of likely N-dealkylation sites (N-methyl/N-ethyl adjacent to an activating group) is 1. The van der Waals surface area contributed by atoms with Crippen LogP contribution in [0.4, 0.5) is 0 Å². The minimum absolute atomic E-state index is 0.143. The van der Waals surface area contributed by atoms with E-state index in [-0.39, 0.29) is 11.7 Å². The number of carbonyl (C=O) groups excluding carboxylic acids is 1. The molecular formula is C25H41BN2O5. The molecule has 0 N–H and O–H groups in total. The molecule has 2 aliphatic heterocycles. The Morgan fingerprint density at radius 1 is 1.18 bits per heavy atom. The third kappa shape index (κ3) is 8.33. The average Bonchev–Trinajstić information content (AvgIpc) is 3.22. The number of likely N-dealkylation sites (tertiary alicyclic amines) is 1. The van der Waals surface area contributed by atoms with E-state index in [2.05, 4.69) is 22.8 Å². The number of hydrogen-bond acceptors (Lipinski definition) is 7. The summed E-state index contributed by atoms with van der Waals surface area (Å²) in [5, 5.41) is 9.49. The Morgan fingerprint density at radius 3 is 2.15 bits per heavy atom. The lowest BCUT2D eigenvalue weighted by molar-refractivity contribution is -0.138. The van der Waals surface area contributed by atoms with Crippen LogP contribution in [-0.4, -0.2) is 61.5 Å². The predicted octanol–water partition coefficient (Wildman–Crippen LogP) is 3.92. The minimum Gasteiger partial charge on any atom is -0.488 e. The van der Waals surface area contributed by atoms with E-state index in [0.29, 0.717) is 17.8 Å². The van der Waals surface area contributed by atoms with Gasteiger partial charge in [-0.1, -0.05) is 19.9 Å². The third-order valence-corrected chi connectivity index (χ3v) is 5.69. The van der Waals surface area contributed by atoms with Gasteiger partial charge in [-0.3, -0.25) is 4.79 Å². The van der Waals surface area contributed by atoms with Crippen molar-refractivity contribution in [3.05, 3.63) is 23.8 Å². The highest BCUT2D eigenvalue weighted by Crippen LogP contribution is 2.36. The lowest BCUT2D eigenvalue weighted by atomic mass is 9.78. The van der Waals surface area contributed by atoms with Crippen molar-refractivity contribution < 1.29 is 23.6 Å². The largest absolute Gasteiger partial charge is 0.494 e. The number of nitrogens with zero attached hydrogens (tertiary/aromatic N) is 2. The Hall–Kier alpha value is -2.08. The lowest BCUT2D eigenvalue weighted by Crippen LogP contribution is -2.41. The standard InChI is InChI=1S/C18H25BN2O3.C5H10O2.C2H6/c1-17(2)18(3,4)24-19(23-17)14-6-7-16(13(10-14)11-20)22-15-8-9-21(5)12-15;1-5(2,3)7-4-6;1-2/h6-7,10,15H,8-9,12H2,1-5H3;4H,1-3H3;1-2H3. The van der Waals surface area contributed by atoms with Gasteiger partial charge in [0.2, 0.25) is 0 Å². The van der Waals surface area contributed by atoms with Crippen molar-refractivity contribution in [1.82, 2.24) is 4.90 Å². The van der Waals surface area contributed by atoms with E-state index >= 15 is 0 Å². The monoisotopic (exact) mass is 460 g/mol. The number of benzene rings is 1. The Labute approximate surface area is 200 Å². The highest BCUT2D eigenvalue weighted by molar-refractivity contribution is 6.62. The van der Waals surface area contributed by atoms with Crippen LogP contribution in [0, 0.1) is 11.3 Å². The molecule has 184 valence electrons. The lowest BCUT2D eigenvalue weighted by Gasteiger charge is -2.32. The van der Waals surface area contributed by atoms with E-state index in [9.17, 15) is 10.1 Å². The number of rotatable bonds is 4. The van der Waals surface area contributed by atoms with Gasteiger partial charge in [-0.15, -0.1) is 0 Å². The Kier molecular flexibility index (Phi) is 10.4. The first-order valence-electron chi connectivity index (χ1n) is 11.6. The van der Waals surface area contributed by atoms with Gasteiger partial charge in [-0.25, -0.2) is 0 Å². The molecule has 2 fully saturated rings. The van der Waals surface area contributed by atoms with Gasteiger partial charge >= 0.3 is 7.12 Å². The number of hydrogen-bond donors (Lipinski definition) is 0. The summed E-state index contributed by atoms with van der Waals surface area (Å²) in [6.45, 7) is 19.9. The van der Waals surface area contributed by atoms with Gasteiger partial charge in [-0.2, -0.15) is 5.26 Å². The van der Waals surface area contributed by atoms with Crippen molar-refractivity contribution in [2.24, 2.45) is 0 Å². The summed E-state index contributed by atoms with van der Waals surface area (Å²) in [6, 6.07) is 7.84. The summed E-state index contributed by atoms with van der Waals surface area (Å²) in [4.78, 5) is 11.8. The first-order valence-corrected chi connectivity index (χ1v) is 11.6. The highest BCUT2D eigenvalue weighted by atomic mass is 16.7. The molecule has 0 amide bonds. The van der Waals surface area contributed by atoms with E-state index in [1.165, 1.54) is 0 Å². The molecule has 1 atom stereocenters. The summed E-state index contributed by atoms with van der Waals surface area (Å²) in [6.07, 6.45) is 1.13. The molecule has 2 saturated heterocycles. The van der Waals surface area contributed by atoms with Crippen LogP contribution in [0.1, 0.15) is 74.3 Å². The third-order valence-electron chi connectivity index (χ3n) is 5.69. The van der Waals surface area contributed by atoms with E-state index in [4.69, 9.17) is 14.0 Å². The van der Waals surface area contributed by atoms with Gasteiger partial charge in [-0.05, 0) is 79.5 Å². The predicted molar refractivity (Wildman–Crippen MR) is 132 cm³/mol. The van der Waals surface area contributed by atoms with Crippen LogP contribution in [0.2, 0.25) is 0 Å². The number of carbonyl (C=O) groups is 1. The van der Waals surface area contributed by atoms with Gasteiger partial charge in [0.25, 0.3) is 6.47 Å². The second kappa shape index (κ2) is 11.9. The first kappa shape index (κ1) is 29.0. The molecule has 7 nitrogen and oxygen atoms in total. The van der Waals surface area contributed by atoms with Gasteiger partial charge in [0.05, 0.1) is 16.8 Å². The zero-order valence-corrected chi connectivity index (χ0v) is 22.0. The maximum atomic E-state index is 9.60. The molecule has 0 spiro atoms. The molecule has 0 bridgehead atoms. The van der Waals surface area contributed by atoms with Crippen molar-refractivity contribution in [2.45, 2.75) is 91.6 Å². The fourth-order valence-electron chi connectivity index (χ4n) is 3.18. The van der Waals surface area contributed by atoms with Crippen LogP contribution in [0.5, 0.6) is 5.75 Å². The quantitative estimate of drug-likeness (QED) is 0.498. The van der Waals surface area contributed by atoms with Gasteiger partial charge < -0.3 is 23.7 Å². The van der Waals surface area contributed by atoms with E-state index in [1.54, 1.807) is 0 Å². The molecule has 0 aromatic heterocycles. The van der Waals surface area contributed by atoms with Crippen LogP contribution in [0.3, 0.4) is 0 Å². The van der Waals surface area contributed by atoms with Gasteiger partial charge in [0.1, 0.15) is 23.5 Å². The smallest absolute Gasteiger partial charge is 0.488 e. The topological polar surface area (TPSA) is 81.0 Å². The van der Waals surface area contributed by atoms with Crippen molar-refractivity contribution in [3.8, 4) is 11.8 Å². The van der Waals surface area contributed by atoms with Gasteiger partial charge in [0.15, 0.2) is 0 Å². The zero-order chi connectivity index (χ0) is 25.4. The number of ether oxygens (including phenoxy) is 2. The molecule has 0 saturated carbocycles. The molecule has 2 heterocycles. The molecule has 3 rings (SSSR count). The fraction of sp³-hybridized carbons (Fsp3) is 0.680. The molecule has 1 aromatic carbocycles. The molecule has 1 unspecified atom stereocenters. The highest BCUT2D eigenvalue weighted by Gasteiger charge is 2.51. The Bertz CT molecular complexity index is 798. The van der Waals surface area contributed by atoms with Crippen molar-refractivity contribution in [3.63, 3.8) is 0 Å². The molecule has 8 heteroatoms. The second-order valence-electron chi connectivity index (χ2n) is 10.1. The summed E-state index contributed by atoms with van der Waals surface area (Å²) in [5.74, 6) is 0.637. The Balaban J connectivity index is 0.000000520. The summed E-state index contributed by atoms with van der Waals surface area (Å²) in [5.41, 5.74) is 0.266. The summed E-state index contributed by atoms with van der Waals surface area (Å²) in [7, 11) is 1.62. The van der Waals surface area contributed by atoms with Crippen LogP contribution in [0.25, 0.3) is 0 Å². The average molecular weight is 460 g/mol. The van der Waals surface area contributed by atoms with Crippen molar-refractivity contribution in [2.75, 3.05) is 20.1 Å². The van der Waals surface area contributed by atoms with Gasteiger partial charge in [0, 0.05) is 13.1 Å². The molecule has 0 radical (unpaired) electrons. The number of nitriles is 1. The summed E-state index contributed by atoms with van der Waals surface area (Å²) >= 11 is 0. The van der Waals surface area contributed by atoms with Crippen molar-refractivity contribution in [1.29, 1.82) is 5.26 Å². The van der Waals surface area contributed by atoms with Crippen molar-refractivity contribution >= 4 is 19.1 Å². The summed E-state index contributed by atoms with van der Waals surface area (Å²) < 4.78 is 22.7. The molecule has 0 aliphatic carbocycles. The SMILES string of the molecule is CC.CC(C)(C)OC=O.CN1CCC(Oc2ccc(B3OC(C)(C)C(C)(C)O3)cc2C#N)C1. The normalized spacial score (nSPS) is 21.1. The molecular weight excluding hydrogens is 419 g/mol. The van der Waals surface area contributed by atoms with Crippen LogP contribution in [-0.2, 0) is 18.8 Å². The van der Waals surface area contributed by atoms with Crippen LogP contribution in [0.15, 0.2) is 18.2 Å². The van der Waals surface area contributed by atoms with E-state index in [0.717, 1.165) is 25.0 Å².